The number of esters is 1. The normalized spacial score (nSPS) is 11.3. The van der Waals surface area contributed by atoms with Gasteiger partial charge in [-0.2, -0.15) is 0 Å². The zero-order valence-electron chi connectivity index (χ0n) is 17.5. The average Bonchev–Trinajstić information content (AvgIpc) is 3.23. The van der Waals surface area contributed by atoms with Gasteiger partial charge in [-0.3, -0.25) is 13.7 Å². The van der Waals surface area contributed by atoms with E-state index in [4.69, 9.17) is 16.3 Å². The van der Waals surface area contributed by atoms with Crippen LogP contribution in [-0.2, 0) is 14.8 Å². The lowest BCUT2D eigenvalue weighted by atomic mass is 10.2. The minimum atomic E-state index is -4.07. The van der Waals surface area contributed by atoms with Gasteiger partial charge in [-0.05, 0) is 42.5 Å². The number of benzene rings is 3. The number of rotatable bonds is 6. The molecular formula is C24H19ClN2O5S. The number of para-hydroxylation sites is 1. The summed E-state index contributed by atoms with van der Waals surface area (Å²) in [6.45, 7) is -0.502. The Morgan fingerprint density at radius 1 is 0.939 bits per heavy atom. The van der Waals surface area contributed by atoms with Gasteiger partial charge in [0, 0.05) is 16.6 Å². The summed E-state index contributed by atoms with van der Waals surface area (Å²) in [5.41, 5.74) is 0.961. The summed E-state index contributed by atoms with van der Waals surface area (Å²) < 4.78 is 34.0. The predicted molar refractivity (Wildman–Crippen MR) is 126 cm³/mol. The molecule has 0 aliphatic heterocycles. The highest BCUT2D eigenvalue weighted by Crippen LogP contribution is 2.27. The zero-order chi connectivity index (χ0) is 23.6. The number of fused-ring (bicyclic) bond motifs is 1. The highest BCUT2D eigenvalue weighted by atomic mass is 35.5. The van der Waals surface area contributed by atoms with Gasteiger partial charge in [0.15, 0.2) is 0 Å². The number of halogens is 1. The van der Waals surface area contributed by atoms with E-state index in [1.165, 1.54) is 42.1 Å². The first-order valence-electron chi connectivity index (χ1n) is 9.88. The number of nitrogens with zero attached hydrogens (tertiary/aromatic N) is 2. The number of anilines is 1. The average molecular weight is 483 g/mol. The number of carbonyl (C=O) groups excluding carboxylic acids is 2. The van der Waals surface area contributed by atoms with Gasteiger partial charge < -0.3 is 4.74 Å². The standard InChI is InChI=1S/C24H19ClN2O5S/c1-32-24(29)21-15-26(22-10-6-5-9-20(21)22)23(28)16-27(18-13-11-17(25)12-14-18)33(30,31)19-7-3-2-4-8-19/h2-15H,16H2,1H3. The first kappa shape index (κ1) is 22.6. The second kappa shape index (κ2) is 9.09. The molecule has 4 rings (SSSR count). The lowest BCUT2D eigenvalue weighted by Gasteiger charge is -2.24. The zero-order valence-corrected chi connectivity index (χ0v) is 19.1. The van der Waals surface area contributed by atoms with Gasteiger partial charge in [0.2, 0.25) is 0 Å². The van der Waals surface area contributed by atoms with E-state index < -0.39 is 28.4 Å². The number of aromatic nitrogens is 1. The van der Waals surface area contributed by atoms with Crippen LogP contribution < -0.4 is 4.31 Å². The van der Waals surface area contributed by atoms with E-state index in [-0.39, 0.29) is 16.1 Å². The largest absolute Gasteiger partial charge is 0.465 e. The first-order valence-corrected chi connectivity index (χ1v) is 11.7. The van der Waals surface area contributed by atoms with E-state index in [0.29, 0.717) is 15.9 Å². The molecule has 0 saturated heterocycles. The predicted octanol–water partition coefficient (Wildman–Crippen LogP) is 4.62. The van der Waals surface area contributed by atoms with Crippen molar-refractivity contribution < 1.29 is 22.7 Å². The monoisotopic (exact) mass is 482 g/mol. The van der Waals surface area contributed by atoms with Crippen LogP contribution in [-0.4, -0.2) is 38.5 Å². The van der Waals surface area contributed by atoms with Crippen molar-refractivity contribution in [3.8, 4) is 0 Å². The maximum Gasteiger partial charge on any atom is 0.340 e. The Bertz CT molecular complexity index is 1430. The fourth-order valence-electron chi connectivity index (χ4n) is 3.50. The second-order valence-corrected chi connectivity index (χ2v) is 9.42. The second-order valence-electron chi connectivity index (χ2n) is 7.12. The van der Waals surface area contributed by atoms with E-state index in [0.717, 1.165) is 4.31 Å². The fourth-order valence-corrected chi connectivity index (χ4v) is 5.06. The van der Waals surface area contributed by atoms with Crippen LogP contribution in [0.2, 0.25) is 5.02 Å². The summed E-state index contributed by atoms with van der Waals surface area (Å²) in [6.07, 6.45) is 1.37. The highest BCUT2D eigenvalue weighted by molar-refractivity contribution is 7.92. The number of ether oxygens (including phenoxy) is 1. The molecule has 0 atom stereocenters. The molecule has 0 aliphatic carbocycles. The van der Waals surface area contributed by atoms with Gasteiger partial charge in [-0.1, -0.05) is 48.0 Å². The number of sulfonamides is 1. The third-order valence-corrected chi connectivity index (χ3v) is 7.15. The molecule has 0 unspecified atom stereocenters. The van der Waals surface area contributed by atoms with Crippen molar-refractivity contribution in [2.45, 2.75) is 4.90 Å². The summed E-state index contributed by atoms with van der Waals surface area (Å²) in [4.78, 5) is 25.6. The Kier molecular flexibility index (Phi) is 6.22. The summed E-state index contributed by atoms with van der Waals surface area (Å²) in [5, 5.41) is 0.961. The molecule has 1 heterocycles. The van der Waals surface area contributed by atoms with Crippen LogP contribution in [0.5, 0.6) is 0 Å². The number of methoxy groups -OCH3 is 1. The molecule has 0 spiro atoms. The SMILES string of the molecule is COC(=O)c1cn(C(=O)CN(c2ccc(Cl)cc2)S(=O)(=O)c2ccccc2)c2ccccc12. The van der Waals surface area contributed by atoms with Crippen LogP contribution in [0.25, 0.3) is 10.9 Å². The van der Waals surface area contributed by atoms with E-state index in [9.17, 15) is 18.0 Å². The first-order chi connectivity index (χ1) is 15.8. The molecule has 9 heteroatoms. The van der Waals surface area contributed by atoms with Crippen molar-refractivity contribution in [1.82, 2.24) is 4.57 Å². The molecule has 0 fully saturated rings. The van der Waals surface area contributed by atoms with Gasteiger partial charge in [0.05, 0.1) is 28.8 Å². The fraction of sp³-hybridized carbons (Fsp3) is 0.0833. The topological polar surface area (TPSA) is 85.7 Å². The molecular weight excluding hydrogens is 464 g/mol. The van der Waals surface area contributed by atoms with Gasteiger partial charge in [-0.15, -0.1) is 0 Å². The summed E-state index contributed by atoms with van der Waals surface area (Å²) in [7, 11) is -2.82. The van der Waals surface area contributed by atoms with Crippen LogP contribution in [0, 0.1) is 0 Å². The van der Waals surface area contributed by atoms with E-state index in [2.05, 4.69) is 0 Å². The van der Waals surface area contributed by atoms with Gasteiger partial charge in [0.1, 0.15) is 6.54 Å². The molecule has 0 N–H and O–H groups in total. The van der Waals surface area contributed by atoms with Crippen molar-refractivity contribution in [2.24, 2.45) is 0 Å². The van der Waals surface area contributed by atoms with Crippen LogP contribution in [0.15, 0.2) is 90.0 Å². The van der Waals surface area contributed by atoms with Crippen LogP contribution in [0.4, 0.5) is 5.69 Å². The molecule has 4 aromatic rings. The number of hydrogen-bond donors (Lipinski definition) is 0. The quantitative estimate of drug-likeness (QED) is 0.374. The third kappa shape index (κ3) is 4.35. The van der Waals surface area contributed by atoms with E-state index >= 15 is 0 Å². The Morgan fingerprint density at radius 3 is 2.24 bits per heavy atom. The molecule has 7 nitrogen and oxygen atoms in total. The maximum absolute atomic E-state index is 13.5. The Hall–Kier alpha value is -3.62. The molecule has 0 amide bonds. The van der Waals surface area contributed by atoms with E-state index in [1.807, 2.05) is 0 Å². The van der Waals surface area contributed by atoms with Crippen molar-refractivity contribution in [3.63, 3.8) is 0 Å². The smallest absolute Gasteiger partial charge is 0.340 e. The molecule has 33 heavy (non-hydrogen) atoms. The lowest BCUT2D eigenvalue weighted by molar-refractivity contribution is 0.0603. The number of hydrogen-bond acceptors (Lipinski definition) is 5. The van der Waals surface area contributed by atoms with Crippen molar-refractivity contribution >= 4 is 50.1 Å². The minimum Gasteiger partial charge on any atom is -0.465 e. The van der Waals surface area contributed by atoms with Gasteiger partial charge in [0.25, 0.3) is 15.9 Å². The van der Waals surface area contributed by atoms with Crippen molar-refractivity contribution in [2.75, 3.05) is 18.0 Å². The highest BCUT2D eigenvalue weighted by Gasteiger charge is 2.29. The molecule has 0 aliphatic rings. The Morgan fingerprint density at radius 2 is 1.58 bits per heavy atom. The van der Waals surface area contributed by atoms with Crippen molar-refractivity contribution in [3.05, 3.63) is 95.6 Å². The Labute approximate surface area is 195 Å². The molecule has 0 bridgehead atoms. The molecule has 3 aromatic carbocycles. The van der Waals surface area contributed by atoms with Crippen molar-refractivity contribution in [1.29, 1.82) is 0 Å². The maximum atomic E-state index is 13.5. The summed E-state index contributed by atoms with van der Waals surface area (Å²) >= 11 is 5.98. The minimum absolute atomic E-state index is 0.0420. The molecule has 1 aromatic heterocycles. The molecule has 0 saturated carbocycles. The summed E-state index contributed by atoms with van der Waals surface area (Å²) in [6, 6.07) is 20.9. The van der Waals surface area contributed by atoms with Gasteiger partial charge >= 0.3 is 5.97 Å². The summed E-state index contributed by atoms with van der Waals surface area (Å²) in [5.74, 6) is -1.14. The molecule has 0 radical (unpaired) electrons. The van der Waals surface area contributed by atoms with Crippen LogP contribution >= 0.6 is 11.6 Å². The lowest BCUT2D eigenvalue weighted by Crippen LogP contribution is -2.37. The van der Waals surface area contributed by atoms with Crippen LogP contribution in [0.3, 0.4) is 0 Å². The van der Waals surface area contributed by atoms with Gasteiger partial charge in [-0.25, -0.2) is 13.2 Å². The third-order valence-electron chi connectivity index (χ3n) is 5.11. The number of carbonyl (C=O) groups is 2. The van der Waals surface area contributed by atoms with Crippen LogP contribution in [0.1, 0.15) is 15.2 Å². The Balaban J connectivity index is 1.80. The van der Waals surface area contributed by atoms with E-state index in [1.54, 1.807) is 54.6 Å². The molecule has 168 valence electrons.